The maximum Gasteiger partial charge on any atom is 0.252 e. The van der Waals surface area contributed by atoms with Crippen molar-refractivity contribution in [3.8, 4) is 0 Å². The lowest BCUT2D eigenvalue weighted by atomic mass is 10.0. The number of carbonyl (C=O) groups is 1. The predicted molar refractivity (Wildman–Crippen MR) is 98.5 cm³/mol. The molecule has 0 radical (unpaired) electrons. The van der Waals surface area contributed by atoms with Gasteiger partial charge in [0.05, 0.1) is 6.04 Å². The summed E-state index contributed by atoms with van der Waals surface area (Å²) in [5.41, 5.74) is 2.46. The van der Waals surface area contributed by atoms with Gasteiger partial charge in [-0.3, -0.25) is 4.79 Å². The minimum Gasteiger partial charge on any atom is -0.342 e. The van der Waals surface area contributed by atoms with Crippen LogP contribution in [0.15, 0.2) is 91.0 Å². The third-order valence-corrected chi connectivity index (χ3v) is 3.83. The normalized spacial score (nSPS) is 12.0. The summed E-state index contributed by atoms with van der Waals surface area (Å²) in [4.78, 5) is 12.5. The Kier molecular flexibility index (Phi) is 5.37. The number of halogens is 1. The number of hydrogen-bond donors (Lipinski definition) is 1. The SMILES string of the molecule is O=C(NC(/C=C/c1ccccc1)c1ccccc1)c1ccc(F)cc1. The van der Waals surface area contributed by atoms with E-state index in [1.165, 1.54) is 24.3 Å². The minimum absolute atomic E-state index is 0.244. The molecular formula is C22H18FNO. The van der Waals surface area contributed by atoms with E-state index < -0.39 is 0 Å². The number of benzene rings is 3. The Morgan fingerprint density at radius 1 is 0.840 bits per heavy atom. The molecule has 0 spiro atoms. The van der Waals surface area contributed by atoms with Crippen molar-refractivity contribution in [3.63, 3.8) is 0 Å². The molecule has 1 N–H and O–H groups in total. The van der Waals surface area contributed by atoms with Gasteiger partial charge < -0.3 is 5.32 Å². The van der Waals surface area contributed by atoms with E-state index in [1.807, 2.05) is 72.8 Å². The molecular weight excluding hydrogens is 313 g/mol. The molecule has 0 aromatic heterocycles. The van der Waals surface area contributed by atoms with Crippen molar-refractivity contribution in [1.82, 2.24) is 5.32 Å². The van der Waals surface area contributed by atoms with Gasteiger partial charge in [0, 0.05) is 5.56 Å². The number of hydrogen-bond acceptors (Lipinski definition) is 1. The van der Waals surface area contributed by atoms with E-state index in [2.05, 4.69) is 5.32 Å². The van der Waals surface area contributed by atoms with Gasteiger partial charge in [0.1, 0.15) is 5.82 Å². The quantitative estimate of drug-likeness (QED) is 0.699. The molecule has 0 aliphatic heterocycles. The van der Waals surface area contributed by atoms with Crippen molar-refractivity contribution in [1.29, 1.82) is 0 Å². The summed E-state index contributed by atoms with van der Waals surface area (Å²) in [6.07, 6.45) is 3.93. The van der Waals surface area contributed by atoms with Gasteiger partial charge in [-0.1, -0.05) is 72.8 Å². The maximum absolute atomic E-state index is 13.0. The molecule has 0 saturated heterocycles. The zero-order chi connectivity index (χ0) is 17.5. The first-order valence-electron chi connectivity index (χ1n) is 8.07. The number of carbonyl (C=O) groups excluding carboxylic acids is 1. The summed E-state index contributed by atoms with van der Waals surface area (Å²) in [7, 11) is 0. The van der Waals surface area contributed by atoms with Crippen molar-refractivity contribution in [2.24, 2.45) is 0 Å². The third-order valence-electron chi connectivity index (χ3n) is 3.83. The highest BCUT2D eigenvalue weighted by Gasteiger charge is 2.13. The van der Waals surface area contributed by atoms with Gasteiger partial charge in [-0.2, -0.15) is 0 Å². The highest BCUT2D eigenvalue weighted by atomic mass is 19.1. The number of nitrogens with one attached hydrogen (secondary N) is 1. The Labute approximate surface area is 146 Å². The fourth-order valence-electron chi connectivity index (χ4n) is 2.50. The monoisotopic (exact) mass is 331 g/mol. The first kappa shape index (κ1) is 16.7. The molecule has 2 nitrogen and oxygen atoms in total. The van der Waals surface area contributed by atoms with Crippen LogP contribution in [0.1, 0.15) is 27.5 Å². The largest absolute Gasteiger partial charge is 0.342 e. The first-order valence-corrected chi connectivity index (χ1v) is 8.07. The van der Waals surface area contributed by atoms with Gasteiger partial charge in [-0.05, 0) is 35.4 Å². The topological polar surface area (TPSA) is 29.1 Å². The molecule has 0 aliphatic carbocycles. The smallest absolute Gasteiger partial charge is 0.252 e. The van der Waals surface area contributed by atoms with Crippen LogP contribution in [0.4, 0.5) is 4.39 Å². The molecule has 0 aliphatic rings. The van der Waals surface area contributed by atoms with Gasteiger partial charge >= 0.3 is 0 Å². The van der Waals surface area contributed by atoms with E-state index in [-0.39, 0.29) is 17.8 Å². The molecule has 3 aromatic carbocycles. The summed E-state index contributed by atoms with van der Waals surface area (Å²) >= 11 is 0. The summed E-state index contributed by atoms with van der Waals surface area (Å²) in [5, 5.41) is 2.99. The Morgan fingerprint density at radius 3 is 2.08 bits per heavy atom. The first-order chi connectivity index (χ1) is 12.2. The average molecular weight is 331 g/mol. The number of amides is 1. The molecule has 3 heteroatoms. The van der Waals surface area contributed by atoms with Crippen LogP contribution >= 0.6 is 0 Å². The zero-order valence-corrected chi connectivity index (χ0v) is 13.6. The molecule has 25 heavy (non-hydrogen) atoms. The highest BCUT2D eigenvalue weighted by molar-refractivity contribution is 5.94. The van der Waals surface area contributed by atoms with Crippen LogP contribution in [0.25, 0.3) is 6.08 Å². The molecule has 1 unspecified atom stereocenters. The molecule has 3 aromatic rings. The molecule has 0 saturated carbocycles. The van der Waals surface area contributed by atoms with Crippen LogP contribution in [-0.2, 0) is 0 Å². The second-order valence-electron chi connectivity index (χ2n) is 5.64. The van der Waals surface area contributed by atoms with Crippen LogP contribution in [0, 0.1) is 5.82 Å². The third kappa shape index (κ3) is 4.64. The van der Waals surface area contributed by atoms with Crippen LogP contribution in [0.3, 0.4) is 0 Å². The van der Waals surface area contributed by atoms with Crippen molar-refractivity contribution < 1.29 is 9.18 Å². The molecule has 1 atom stereocenters. The molecule has 0 heterocycles. The van der Waals surface area contributed by atoms with E-state index >= 15 is 0 Å². The van der Waals surface area contributed by atoms with Crippen LogP contribution in [-0.4, -0.2) is 5.91 Å². The summed E-state index contributed by atoms with van der Waals surface area (Å²) in [6.45, 7) is 0. The Bertz CT molecular complexity index is 842. The van der Waals surface area contributed by atoms with Crippen molar-refractivity contribution in [2.75, 3.05) is 0 Å². The van der Waals surface area contributed by atoms with E-state index in [0.717, 1.165) is 11.1 Å². The molecule has 0 fully saturated rings. The van der Waals surface area contributed by atoms with E-state index in [9.17, 15) is 9.18 Å². The maximum atomic E-state index is 13.0. The van der Waals surface area contributed by atoms with Gasteiger partial charge in [0.15, 0.2) is 0 Å². The lowest BCUT2D eigenvalue weighted by Crippen LogP contribution is -2.27. The summed E-state index contributed by atoms with van der Waals surface area (Å²) < 4.78 is 13.0. The lowest BCUT2D eigenvalue weighted by molar-refractivity contribution is 0.0944. The minimum atomic E-state index is -0.361. The Balaban J connectivity index is 1.82. The van der Waals surface area contributed by atoms with Gasteiger partial charge in [0.25, 0.3) is 5.91 Å². The molecule has 1 amide bonds. The van der Waals surface area contributed by atoms with Gasteiger partial charge in [-0.15, -0.1) is 0 Å². The molecule has 0 bridgehead atoms. The van der Waals surface area contributed by atoms with Crippen molar-refractivity contribution in [2.45, 2.75) is 6.04 Å². The summed E-state index contributed by atoms with van der Waals surface area (Å²) in [6, 6.07) is 24.9. The van der Waals surface area contributed by atoms with Crippen LogP contribution in [0.5, 0.6) is 0 Å². The average Bonchev–Trinajstić information content (AvgIpc) is 2.67. The Morgan fingerprint density at radius 2 is 1.44 bits per heavy atom. The predicted octanol–water partition coefficient (Wildman–Crippen LogP) is 5.01. The van der Waals surface area contributed by atoms with Crippen LogP contribution in [0.2, 0.25) is 0 Å². The lowest BCUT2D eigenvalue weighted by Gasteiger charge is -2.16. The van der Waals surface area contributed by atoms with Gasteiger partial charge in [0.2, 0.25) is 0 Å². The van der Waals surface area contributed by atoms with E-state index in [0.29, 0.717) is 5.56 Å². The molecule has 124 valence electrons. The van der Waals surface area contributed by atoms with Crippen molar-refractivity contribution >= 4 is 12.0 Å². The Hall–Kier alpha value is -3.20. The second kappa shape index (κ2) is 8.06. The standard InChI is InChI=1S/C22H18FNO/c23-20-14-12-19(13-15-20)22(25)24-21(18-9-5-2-6-10-18)16-11-17-7-3-1-4-8-17/h1-16,21H,(H,24,25)/b16-11+. The second-order valence-corrected chi connectivity index (χ2v) is 5.64. The zero-order valence-electron chi connectivity index (χ0n) is 13.6. The number of rotatable bonds is 5. The van der Waals surface area contributed by atoms with E-state index in [4.69, 9.17) is 0 Å². The fourth-order valence-corrected chi connectivity index (χ4v) is 2.50. The highest BCUT2D eigenvalue weighted by Crippen LogP contribution is 2.17. The fraction of sp³-hybridized carbons (Fsp3) is 0.0455. The van der Waals surface area contributed by atoms with Gasteiger partial charge in [-0.25, -0.2) is 4.39 Å². The molecule has 3 rings (SSSR count). The van der Waals surface area contributed by atoms with Crippen molar-refractivity contribution in [3.05, 3.63) is 114 Å². The van der Waals surface area contributed by atoms with Crippen LogP contribution < -0.4 is 5.32 Å². The summed E-state index contributed by atoms with van der Waals surface area (Å²) in [5.74, 6) is -0.605. The van der Waals surface area contributed by atoms with E-state index in [1.54, 1.807) is 0 Å².